The number of ether oxygens (including phenoxy) is 1. The zero-order valence-electron chi connectivity index (χ0n) is 10.3. The van der Waals surface area contributed by atoms with Crippen molar-refractivity contribution in [2.45, 2.75) is 13.0 Å². The van der Waals surface area contributed by atoms with Gasteiger partial charge < -0.3 is 15.8 Å². The average Bonchev–Trinajstić information content (AvgIpc) is 2.92. The summed E-state index contributed by atoms with van der Waals surface area (Å²) in [5.74, 6) is 0.674. The van der Waals surface area contributed by atoms with Crippen molar-refractivity contribution in [3.05, 3.63) is 40.8 Å². The third kappa shape index (κ3) is 4.59. The Hall–Kier alpha value is -2.08. The molecule has 0 aliphatic carbocycles. The van der Waals surface area contributed by atoms with E-state index < -0.39 is 0 Å². The Balaban J connectivity index is 1.65. The van der Waals surface area contributed by atoms with Crippen molar-refractivity contribution in [1.82, 2.24) is 10.3 Å². The minimum Gasteiger partial charge on any atom is -0.493 e. The van der Waals surface area contributed by atoms with E-state index >= 15 is 0 Å². The van der Waals surface area contributed by atoms with Crippen molar-refractivity contribution >= 4 is 22.9 Å². The van der Waals surface area contributed by atoms with Crippen molar-refractivity contribution in [1.29, 1.82) is 0 Å². The SMILES string of the molecule is Nc1ccc(OCCC(=O)NCc2cncs2)cc1. The molecule has 1 amide bonds. The Morgan fingerprint density at radius 3 is 2.84 bits per heavy atom. The Bertz CT molecular complexity index is 511. The second-order valence-corrected chi connectivity index (χ2v) is 4.88. The number of amides is 1. The van der Waals surface area contributed by atoms with Crippen LogP contribution in [0.2, 0.25) is 0 Å². The summed E-state index contributed by atoms with van der Waals surface area (Å²) in [6, 6.07) is 7.09. The van der Waals surface area contributed by atoms with Gasteiger partial charge in [-0.15, -0.1) is 11.3 Å². The maximum absolute atomic E-state index is 11.6. The van der Waals surface area contributed by atoms with Gasteiger partial charge in [0.2, 0.25) is 5.91 Å². The number of nitrogens with one attached hydrogen (secondary N) is 1. The van der Waals surface area contributed by atoms with Crippen LogP contribution in [-0.2, 0) is 11.3 Å². The number of rotatable bonds is 6. The first-order valence-electron chi connectivity index (χ1n) is 5.86. The lowest BCUT2D eigenvalue weighted by Crippen LogP contribution is -2.24. The number of nitrogens with zero attached hydrogens (tertiary/aromatic N) is 1. The zero-order valence-corrected chi connectivity index (χ0v) is 11.2. The highest BCUT2D eigenvalue weighted by Crippen LogP contribution is 2.13. The Kier molecular flexibility index (Phi) is 4.74. The highest BCUT2D eigenvalue weighted by atomic mass is 32.1. The molecule has 1 aromatic carbocycles. The van der Waals surface area contributed by atoms with Crippen LogP contribution < -0.4 is 15.8 Å². The van der Waals surface area contributed by atoms with E-state index in [1.54, 1.807) is 36.0 Å². The fourth-order valence-corrected chi connectivity index (χ4v) is 1.96. The first kappa shape index (κ1) is 13.4. The predicted octanol–water partition coefficient (Wildman–Crippen LogP) is 1.81. The number of nitrogens with two attached hydrogens (primary N) is 1. The van der Waals surface area contributed by atoms with Crippen molar-refractivity contribution in [2.75, 3.05) is 12.3 Å². The van der Waals surface area contributed by atoms with Crippen LogP contribution >= 0.6 is 11.3 Å². The predicted molar refractivity (Wildman–Crippen MR) is 74.9 cm³/mol. The van der Waals surface area contributed by atoms with Crippen molar-refractivity contribution < 1.29 is 9.53 Å². The van der Waals surface area contributed by atoms with Crippen LogP contribution in [0.4, 0.5) is 5.69 Å². The van der Waals surface area contributed by atoms with E-state index in [-0.39, 0.29) is 5.91 Å². The molecule has 0 fully saturated rings. The van der Waals surface area contributed by atoms with Crippen LogP contribution in [0.3, 0.4) is 0 Å². The molecule has 0 unspecified atom stereocenters. The van der Waals surface area contributed by atoms with Gasteiger partial charge in [0.25, 0.3) is 0 Å². The average molecular weight is 277 g/mol. The number of anilines is 1. The molecule has 0 aliphatic rings. The third-order valence-corrected chi connectivity index (χ3v) is 3.20. The second-order valence-electron chi connectivity index (χ2n) is 3.91. The van der Waals surface area contributed by atoms with Gasteiger partial charge in [-0.05, 0) is 24.3 Å². The number of carbonyl (C=O) groups is 1. The molecule has 0 aliphatic heterocycles. The lowest BCUT2D eigenvalue weighted by molar-refractivity contribution is -0.121. The summed E-state index contributed by atoms with van der Waals surface area (Å²) in [6.45, 7) is 0.865. The van der Waals surface area contributed by atoms with Crippen LogP contribution in [0.1, 0.15) is 11.3 Å². The largest absolute Gasteiger partial charge is 0.493 e. The Morgan fingerprint density at radius 1 is 1.37 bits per heavy atom. The van der Waals surface area contributed by atoms with Crippen LogP contribution in [0.25, 0.3) is 0 Å². The van der Waals surface area contributed by atoms with E-state index in [2.05, 4.69) is 10.3 Å². The van der Waals surface area contributed by atoms with E-state index in [1.807, 2.05) is 0 Å². The summed E-state index contributed by atoms with van der Waals surface area (Å²) >= 11 is 1.52. The second kappa shape index (κ2) is 6.75. The van der Waals surface area contributed by atoms with E-state index in [0.29, 0.717) is 31.0 Å². The van der Waals surface area contributed by atoms with E-state index in [4.69, 9.17) is 10.5 Å². The smallest absolute Gasteiger partial charge is 0.223 e. The van der Waals surface area contributed by atoms with E-state index in [1.165, 1.54) is 11.3 Å². The van der Waals surface area contributed by atoms with Gasteiger partial charge in [-0.1, -0.05) is 0 Å². The fraction of sp³-hybridized carbons (Fsp3) is 0.231. The summed E-state index contributed by atoms with van der Waals surface area (Å²) in [6.07, 6.45) is 2.07. The van der Waals surface area contributed by atoms with Crippen molar-refractivity contribution in [3.8, 4) is 5.75 Å². The lowest BCUT2D eigenvalue weighted by Gasteiger charge is -2.06. The molecule has 0 atom stereocenters. The first-order chi connectivity index (χ1) is 9.24. The highest BCUT2D eigenvalue weighted by molar-refractivity contribution is 7.09. The molecule has 5 nitrogen and oxygen atoms in total. The molecule has 2 rings (SSSR count). The van der Waals surface area contributed by atoms with Gasteiger partial charge >= 0.3 is 0 Å². The molecule has 19 heavy (non-hydrogen) atoms. The Morgan fingerprint density at radius 2 is 2.16 bits per heavy atom. The number of benzene rings is 1. The van der Waals surface area contributed by atoms with Crippen LogP contribution in [-0.4, -0.2) is 17.5 Å². The normalized spacial score (nSPS) is 10.1. The minimum atomic E-state index is -0.0381. The molecule has 0 saturated heterocycles. The molecule has 1 heterocycles. The summed E-state index contributed by atoms with van der Waals surface area (Å²) in [4.78, 5) is 16.5. The number of aromatic nitrogens is 1. The number of nitrogen functional groups attached to an aromatic ring is 1. The standard InChI is InChI=1S/C13H15N3O2S/c14-10-1-3-11(4-2-10)18-6-5-13(17)16-8-12-7-15-9-19-12/h1-4,7,9H,5-6,8,14H2,(H,16,17). The number of carbonyl (C=O) groups excluding carboxylic acids is 1. The summed E-state index contributed by atoms with van der Waals surface area (Å²) < 4.78 is 5.44. The van der Waals surface area contributed by atoms with Crippen LogP contribution in [0.5, 0.6) is 5.75 Å². The highest BCUT2D eigenvalue weighted by Gasteiger charge is 2.03. The topological polar surface area (TPSA) is 77.2 Å². The molecule has 100 valence electrons. The van der Waals surface area contributed by atoms with Crippen LogP contribution in [0.15, 0.2) is 36.0 Å². The number of thiazole rings is 1. The summed E-state index contributed by atoms with van der Waals surface area (Å²) in [7, 11) is 0. The van der Waals surface area contributed by atoms with Gasteiger partial charge in [-0.2, -0.15) is 0 Å². The number of hydrogen-bond donors (Lipinski definition) is 2. The Labute approximate surface area is 115 Å². The van der Waals surface area contributed by atoms with Crippen molar-refractivity contribution in [3.63, 3.8) is 0 Å². The van der Waals surface area contributed by atoms with Gasteiger partial charge in [-0.25, -0.2) is 0 Å². The lowest BCUT2D eigenvalue weighted by atomic mass is 10.3. The summed E-state index contributed by atoms with van der Waals surface area (Å²) in [5, 5.41) is 2.81. The molecule has 1 aromatic heterocycles. The quantitative estimate of drug-likeness (QED) is 0.789. The van der Waals surface area contributed by atoms with Gasteiger partial charge in [0.05, 0.1) is 25.1 Å². The molecule has 6 heteroatoms. The minimum absolute atomic E-state index is 0.0381. The van der Waals surface area contributed by atoms with Gasteiger partial charge in [0.15, 0.2) is 0 Å². The first-order valence-corrected chi connectivity index (χ1v) is 6.74. The van der Waals surface area contributed by atoms with E-state index in [9.17, 15) is 4.79 Å². The van der Waals surface area contributed by atoms with Crippen LogP contribution in [0, 0.1) is 0 Å². The van der Waals surface area contributed by atoms with Crippen molar-refractivity contribution in [2.24, 2.45) is 0 Å². The summed E-state index contributed by atoms with van der Waals surface area (Å²) in [5.41, 5.74) is 8.00. The molecule has 0 radical (unpaired) electrons. The molecule has 0 saturated carbocycles. The third-order valence-electron chi connectivity index (χ3n) is 2.42. The molecule has 3 N–H and O–H groups in total. The van der Waals surface area contributed by atoms with E-state index in [0.717, 1.165) is 4.88 Å². The molecular formula is C13H15N3O2S. The number of hydrogen-bond acceptors (Lipinski definition) is 5. The monoisotopic (exact) mass is 277 g/mol. The maximum atomic E-state index is 11.6. The molecule has 2 aromatic rings. The zero-order chi connectivity index (χ0) is 13.5. The molecular weight excluding hydrogens is 262 g/mol. The maximum Gasteiger partial charge on any atom is 0.223 e. The van der Waals surface area contributed by atoms with Gasteiger partial charge in [0, 0.05) is 16.8 Å². The fourth-order valence-electron chi connectivity index (χ4n) is 1.43. The molecule has 0 bridgehead atoms. The van der Waals surface area contributed by atoms with Gasteiger partial charge in [0.1, 0.15) is 5.75 Å². The molecule has 0 spiro atoms. The van der Waals surface area contributed by atoms with Gasteiger partial charge in [-0.3, -0.25) is 9.78 Å².